The maximum Gasteiger partial charge on any atom is 0.131 e. The standard InChI is InChI=1S/C19H24ClN5/c1-23(2)12-16-5-4-8-25(14-16)18-9-19(20)21-11-17(18)7-6-15-10-22-24(3)13-15/h9-11,13,16H,4-5,8,12,14H2,1-3H3/t16-/m0/s1. The maximum atomic E-state index is 6.17. The van der Waals surface area contributed by atoms with Crippen molar-refractivity contribution in [3.05, 3.63) is 40.9 Å². The fraction of sp³-hybridized carbons (Fsp3) is 0.474. The second-order valence-corrected chi connectivity index (χ2v) is 7.28. The van der Waals surface area contributed by atoms with E-state index in [1.54, 1.807) is 17.1 Å². The Morgan fingerprint density at radius 2 is 2.16 bits per heavy atom. The molecule has 1 saturated heterocycles. The minimum atomic E-state index is 0.511. The average Bonchev–Trinajstić information content (AvgIpc) is 2.99. The molecule has 0 amide bonds. The van der Waals surface area contributed by atoms with Crippen LogP contribution >= 0.6 is 11.6 Å². The van der Waals surface area contributed by atoms with Gasteiger partial charge in [-0.1, -0.05) is 23.4 Å². The second kappa shape index (κ2) is 7.90. The molecule has 0 unspecified atom stereocenters. The summed E-state index contributed by atoms with van der Waals surface area (Å²) in [5.74, 6) is 7.08. The van der Waals surface area contributed by atoms with Crippen molar-refractivity contribution in [2.24, 2.45) is 13.0 Å². The highest BCUT2D eigenvalue weighted by Crippen LogP contribution is 2.28. The molecule has 5 nitrogen and oxygen atoms in total. The smallest absolute Gasteiger partial charge is 0.131 e. The van der Waals surface area contributed by atoms with E-state index in [1.165, 1.54) is 12.8 Å². The molecule has 0 N–H and O–H groups in total. The highest BCUT2D eigenvalue weighted by molar-refractivity contribution is 6.29. The number of pyridine rings is 1. The van der Waals surface area contributed by atoms with Gasteiger partial charge in [0.05, 0.1) is 23.0 Å². The SMILES string of the molecule is CN(C)C[C@@H]1CCCN(c2cc(Cl)ncc2C#Cc2cnn(C)c2)C1. The lowest BCUT2D eigenvalue weighted by Gasteiger charge is -2.36. The molecule has 6 heteroatoms. The molecule has 0 aromatic carbocycles. The number of halogens is 1. The second-order valence-electron chi connectivity index (χ2n) is 6.89. The molecular weight excluding hydrogens is 334 g/mol. The minimum absolute atomic E-state index is 0.511. The Labute approximate surface area is 154 Å². The third kappa shape index (κ3) is 4.75. The number of hydrogen-bond acceptors (Lipinski definition) is 4. The first-order chi connectivity index (χ1) is 12.0. The highest BCUT2D eigenvalue weighted by atomic mass is 35.5. The largest absolute Gasteiger partial charge is 0.370 e. The van der Waals surface area contributed by atoms with Gasteiger partial charge in [0.15, 0.2) is 0 Å². The van der Waals surface area contributed by atoms with E-state index in [2.05, 4.69) is 45.8 Å². The quantitative estimate of drug-likeness (QED) is 0.625. The van der Waals surface area contributed by atoms with E-state index in [1.807, 2.05) is 19.3 Å². The Morgan fingerprint density at radius 3 is 2.88 bits per heavy atom. The molecule has 25 heavy (non-hydrogen) atoms. The molecule has 3 rings (SSSR count). The minimum Gasteiger partial charge on any atom is -0.370 e. The molecule has 2 aromatic rings. The Balaban J connectivity index is 1.85. The zero-order valence-electron chi connectivity index (χ0n) is 15.0. The van der Waals surface area contributed by atoms with E-state index in [4.69, 9.17) is 11.6 Å². The molecule has 1 fully saturated rings. The van der Waals surface area contributed by atoms with Crippen LogP contribution < -0.4 is 4.90 Å². The molecule has 0 bridgehead atoms. The molecule has 0 saturated carbocycles. The van der Waals surface area contributed by atoms with Gasteiger partial charge < -0.3 is 9.80 Å². The lowest BCUT2D eigenvalue weighted by Crippen LogP contribution is -2.39. The monoisotopic (exact) mass is 357 g/mol. The van der Waals surface area contributed by atoms with Crippen LogP contribution in [0.5, 0.6) is 0 Å². The summed E-state index contributed by atoms with van der Waals surface area (Å²) in [5.41, 5.74) is 2.89. The average molecular weight is 358 g/mol. The van der Waals surface area contributed by atoms with Crippen LogP contribution in [0.25, 0.3) is 0 Å². The number of rotatable bonds is 3. The lowest BCUT2D eigenvalue weighted by atomic mass is 9.96. The number of anilines is 1. The molecular formula is C19H24ClN5. The molecule has 0 aliphatic carbocycles. The van der Waals surface area contributed by atoms with Crippen LogP contribution in [0.4, 0.5) is 5.69 Å². The van der Waals surface area contributed by atoms with Gasteiger partial charge in [-0.2, -0.15) is 5.10 Å². The summed E-state index contributed by atoms with van der Waals surface area (Å²) in [6, 6.07) is 1.94. The van der Waals surface area contributed by atoms with Gasteiger partial charge >= 0.3 is 0 Å². The van der Waals surface area contributed by atoms with E-state index >= 15 is 0 Å². The van der Waals surface area contributed by atoms with Crippen molar-refractivity contribution in [3.63, 3.8) is 0 Å². The van der Waals surface area contributed by atoms with Gasteiger partial charge in [0.25, 0.3) is 0 Å². The summed E-state index contributed by atoms with van der Waals surface area (Å²) >= 11 is 6.17. The van der Waals surface area contributed by atoms with E-state index in [9.17, 15) is 0 Å². The first kappa shape index (κ1) is 17.8. The van der Waals surface area contributed by atoms with Gasteiger partial charge in [-0.25, -0.2) is 4.98 Å². The Bertz CT molecular complexity index is 787. The summed E-state index contributed by atoms with van der Waals surface area (Å²) in [7, 11) is 6.15. The fourth-order valence-corrected chi connectivity index (χ4v) is 3.50. The van der Waals surface area contributed by atoms with Crippen molar-refractivity contribution in [1.29, 1.82) is 0 Å². The van der Waals surface area contributed by atoms with Gasteiger partial charge in [-0.15, -0.1) is 0 Å². The van der Waals surface area contributed by atoms with Crippen LogP contribution in [0.15, 0.2) is 24.7 Å². The van der Waals surface area contributed by atoms with E-state index in [0.717, 1.165) is 36.4 Å². The zero-order valence-corrected chi connectivity index (χ0v) is 15.8. The molecule has 1 aliphatic heterocycles. The number of hydrogen-bond donors (Lipinski definition) is 0. The maximum absolute atomic E-state index is 6.17. The third-order valence-corrected chi connectivity index (χ3v) is 4.58. The number of aryl methyl sites for hydroxylation is 1. The summed E-state index contributed by atoms with van der Waals surface area (Å²) in [5, 5.41) is 4.67. The van der Waals surface area contributed by atoms with Crippen molar-refractivity contribution in [2.75, 3.05) is 38.6 Å². The Hall–Kier alpha value is -2.03. The molecule has 0 spiro atoms. The third-order valence-electron chi connectivity index (χ3n) is 4.38. The van der Waals surface area contributed by atoms with Crippen LogP contribution in [0, 0.1) is 17.8 Å². The fourth-order valence-electron chi connectivity index (χ4n) is 3.35. The van der Waals surface area contributed by atoms with Crippen molar-refractivity contribution in [1.82, 2.24) is 19.7 Å². The number of nitrogens with zero attached hydrogens (tertiary/aromatic N) is 5. The Kier molecular flexibility index (Phi) is 5.62. The molecule has 3 heterocycles. The van der Waals surface area contributed by atoms with Gasteiger partial charge in [0.1, 0.15) is 5.15 Å². The first-order valence-corrected chi connectivity index (χ1v) is 8.95. The summed E-state index contributed by atoms with van der Waals surface area (Å²) in [6.45, 7) is 3.16. The van der Waals surface area contributed by atoms with Crippen molar-refractivity contribution >= 4 is 17.3 Å². The van der Waals surface area contributed by atoms with Gasteiger partial charge in [0, 0.05) is 45.1 Å². The lowest BCUT2D eigenvalue weighted by molar-refractivity contribution is 0.292. The summed E-state index contributed by atoms with van der Waals surface area (Å²) in [4.78, 5) is 8.89. The first-order valence-electron chi connectivity index (χ1n) is 8.57. The summed E-state index contributed by atoms with van der Waals surface area (Å²) < 4.78 is 1.75. The van der Waals surface area contributed by atoms with Crippen LogP contribution in [0.3, 0.4) is 0 Å². The number of aromatic nitrogens is 3. The van der Waals surface area contributed by atoms with Crippen LogP contribution in [0.2, 0.25) is 5.15 Å². The van der Waals surface area contributed by atoms with Crippen LogP contribution in [-0.4, -0.2) is 53.4 Å². The normalized spacial score (nSPS) is 17.5. The molecule has 1 aliphatic rings. The number of piperidine rings is 1. The topological polar surface area (TPSA) is 37.2 Å². The molecule has 1 atom stereocenters. The van der Waals surface area contributed by atoms with Crippen molar-refractivity contribution in [3.8, 4) is 11.8 Å². The highest BCUT2D eigenvalue weighted by Gasteiger charge is 2.22. The van der Waals surface area contributed by atoms with Gasteiger partial charge in [0.2, 0.25) is 0 Å². The molecule has 2 aromatic heterocycles. The van der Waals surface area contributed by atoms with Crippen molar-refractivity contribution < 1.29 is 0 Å². The van der Waals surface area contributed by atoms with E-state index in [0.29, 0.717) is 11.1 Å². The van der Waals surface area contributed by atoms with Crippen molar-refractivity contribution in [2.45, 2.75) is 12.8 Å². The van der Waals surface area contributed by atoms with Crippen LogP contribution in [0.1, 0.15) is 24.0 Å². The predicted octanol–water partition coefficient (Wildman–Crippen LogP) is 2.65. The predicted molar refractivity (Wildman–Crippen MR) is 102 cm³/mol. The van der Waals surface area contributed by atoms with Crippen LogP contribution in [-0.2, 0) is 7.05 Å². The van der Waals surface area contributed by atoms with Gasteiger partial charge in [-0.05, 0) is 32.9 Å². The molecule has 0 radical (unpaired) electrons. The molecule has 132 valence electrons. The van der Waals surface area contributed by atoms with E-state index < -0.39 is 0 Å². The zero-order chi connectivity index (χ0) is 17.8. The van der Waals surface area contributed by atoms with Gasteiger partial charge in [-0.3, -0.25) is 4.68 Å². The summed E-state index contributed by atoms with van der Waals surface area (Å²) in [6.07, 6.45) is 7.91. The van der Waals surface area contributed by atoms with E-state index in [-0.39, 0.29) is 0 Å². The Morgan fingerprint density at radius 1 is 1.32 bits per heavy atom.